The second-order valence-corrected chi connectivity index (χ2v) is 7.80. The maximum Gasteiger partial charge on any atom is 0.338 e. The van der Waals surface area contributed by atoms with Crippen LogP contribution in [0.15, 0.2) is 53.4 Å². The molecule has 0 N–H and O–H groups in total. The van der Waals surface area contributed by atoms with Gasteiger partial charge in [-0.3, -0.25) is 9.10 Å². The van der Waals surface area contributed by atoms with Gasteiger partial charge in [0, 0.05) is 7.05 Å². The molecule has 0 spiro atoms. The van der Waals surface area contributed by atoms with E-state index in [1.807, 2.05) is 0 Å². The Morgan fingerprint density at radius 1 is 1.04 bits per heavy atom. The fourth-order valence-corrected chi connectivity index (χ4v) is 3.46. The van der Waals surface area contributed by atoms with Crippen LogP contribution in [0.5, 0.6) is 5.75 Å². The van der Waals surface area contributed by atoms with Crippen LogP contribution < -0.4 is 9.04 Å². The molecule has 0 aliphatic rings. The summed E-state index contributed by atoms with van der Waals surface area (Å²) in [7, 11) is -0.976. The summed E-state index contributed by atoms with van der Waals surface area (Å²) < 4.78 is 37.0. The Bertz CT molecular complexity index is 937. The Hall–Kier alpha value is -2.87. The van der Waals surface area contributed by atoms with Gasteiger partial charge in [-0.15, -0.1) is 0 Å². The highest BCUT2D eigenvalue weighted by molar-refractivity contribution is 7.92. The van der Waals surface area contributed by atoms with E-state index in [-0.39, 0.29) is 16.2 Å². The molecule has 27 heavy (non-hydrogen) atoms. The normalized spacial score (nSPS) is 12.1. The van der Waals surface area contributed by atoms with E-state index >= 15 is 0 Å². The molecule has 2 aromatic carbocycles. The maximum absolute atomic E-state index is 12.9. The van der Waals surface area contributed by atoms with Gasteiger partial charge in [-0.05, 0) is 50.2 Å². The second-order valence-electron chi connectivity index (χ2n) is 5.83. The van der Waals surface area contributed by atoms with E-state index in [9.17, 15) is 18.0 Å². The molecular weight excluding hydrogens is 370 g/mol. The summed E-state index contributed by atoms with van der Waals surface area (Å²) in [5.74, 6) is -0.553. The fraction of sp³-hybridized carbons (Fsp3) is 0.263. The number of rotatable bonds is 7. The zero-order valence-corrected chi connectivity index (χ0v) is 16.3. The zero-order valence-electron chi connectivity index (χ0n) is 15.5. The van der Waals surface area contributed by atoms with Gasteiger partial charge in [0.1, 0.15) is 5.75 Å². The van der Waals surface area contributed by atoms with Crippen LogP contribution in [0.25, 0.3) is 0 Å². The monoisotopic (exact) mass is 391 g/mol. The van der Waals surface area contributed by atoms with E-state index in [1.54, 1.807) is 24.3 Å². The van der Waals surface area contributed by atoms with Crippen molar-refractivity contribution in [2.24, 2.45) is 0 Å². The average Bonchev–Trinajstić information content (AvgIpc) is 2.67. The summed E-state index contributed by atoms with van der Waals surface area (Å²) in [6.07, 6.45) is -0.863. The van der Waals surface area contributed by atoms with Crippen molar-refractivity contribution in [2.75, 3.05) is 18.5 Å². The molecule has 144 valence electrons. The molecule has 7 nitrogen and oxygen atoms in total. The van der Waals surface area contributed by atoms with Crippen LogP contribution in [-0.2, 0) is 19.6 Å². The lowest BCUT2D eigenvalue weighted by Crippen LogP contribution is -2.27. The number of nitrogens with zero attached hydrogens (tertiary/aromatic N) is 1. The lowest BCUT2D eigenvalue weighted by Gasteiger charge is -2.21. The summed E-state index contributed by atoms with van der Waals surface area (Å²) >= 11 is 0. The molecule has 2 aromatic rings. The first kappa shape index (κ1) is 20.4. The van der Waals surface area contributed by atoms with Crippen molar-refractivity contribution in [1.29, 1.82) is 0 Å². The number of benzene rings is 2. The molecular formula is C19H21NO6S. The molecule has 0 bridgehead atoms. The number of hydrogen-bond acceptors (Lipinski definition) is 6. The third-order valence-electron chi connectivity index (χ3n) is 4.03. The van der Waals surface area contributed by atoms with Crippen LogP contribution in [0.1, 0.15) is 24.2 Å². The van der Waals surface area contributed by atoms with E-state index in [0.717, 1.165) is 4.31 Å². The van der Waals surface area contributed by atoms with Crippen LogP contribution in [0.2, 0.25) is 0 Å². The third kappa shape index (κ3) is 4.46. The quantitative estimate of drug-likeness (QED) is 0.674. The summed E-state index contributed by atoms with van der Waals surface area (Å²) in [5.41, 5.74) is 0.542. The van der Waals surface area contributed by atoms with Crippen LogP contribution in [-0.4, -0.2) is 40.4 Å². The number of ketones is 1. The van der Waals surface area contributed by atoms with Crippen molar-refractivity contribution in [3.8, 4) is 5.75 Å². The van der Waals surface area contributed by atoms with Crippen molar-refractivity contribution < 1.29 is 27.5 Å². The van der Waals surface area contributed by atoms with Crippen molar-refractivity contribution in [1.82, 2.24) is 0 Å². The minimum Gasteiger partial charge on any atom is -0.495 e. The van der Waals surface area contributed by atoms with Crippen molar-refractivity contribution in [3.63, 3.8) is 0 Å². The molecule has 8 heteroatoms. The van der Waals surface area contributed by atoms with Gasteiger partial charge in [-0.2, -0.15) is 0 Å². The molecule has 0 saturated carbocycles. The molecule has 0 heterocycles. The Balaban J connectivity index is 2.27. The van der Waals surface area contributed by atoms with Crippen molar-refractivity contribution >= 4 is 27.5 Å². The lowest BCUT2D eigenvalue weighted by atomic mass is 10.2. The maximum atomic E-state index is 12.9. The number of anilines is 1. The van der Waals surface area contributed by atoms with Gasteiger partial charge in [-0.1, -0.05) is 12.1 Å². The number of carbonyl (C=O) groups is 2. The first-order valence-electron chi connectivity index (χ1n) is 8.12. The minimum absolute atomic E-state index is 0.00655. The van der Waals surface area contributed by atoms with Gasteiger partial charge >= 0.3 is 5.97 Å². The number of hydrogen-bond donors (Lipinski definition) is 0. The second kappa shape index (κ2) is 8.22. The highest BCUT2D eigenvalue weighted by atomic mass is 32.2. The van der Waals surface area contributed by atoms with Gasteiger partial charge in [0.15, 0.2) is 11.9 Å². The standard InChI is InChI=1S/C19H21NO6S/c1-13(21)14(2)26-19(22)15-9-11-16(12-10-15)27(23,24)20(3)17-7-5-6-8-18(17)25-4/h5-12,14H,1-4H3/t14-/m0/s1. The first-order chi connectivity index (χ1) is 12.7. The lowest BCUT2D eigenvalue weighted by molar-refractivity contribution is -0.124. The Kier molecular flexibility index (Phi) is 6.22. The van der Waals surface area contributed by atoms with Gasteiger partial charge in [0.2, 0.25) is 0 Å². The van der Waals surface area contributed by atoms with E-state index in [0.29, 0.717) is 11.4 Å². The third-order valence-corrected chi connectivity index (χ3v) is 5.81. The highest BCUT2D eigenvalue weighted by Gasteiger charge is 2.24. The van der Waals surface area contributed by atoms with E-state index in [1.165, 1.54) is 52.3 Å². The predicted molar refractivity (Wildman–Crippen MR) is 101 cm³/mol. The van der Waals surface area contributed by atoms with E-state index in [2.05, 4.69) is 0 Å². The molecule has 0 fully saturated rings. The topological polar surface area (TPSA) is 90.0 Å². The van der Waals surface area contributed by atoms with Crippen LogP contribution in [0, 0.1) is 0 Å². The minimum atomic E-state index is -3.86. The van der Waals surface area contributed by atoms with Crippen LogP contribution in [0.3, 0.4) is 0 Å². The number of methoxy groups -OCH3 is 1. The van der Waals surface area contributed by atoms with E-state index < -0.39 is 22.1 Å². The summed E-state index contributed by atoms with van der Waals surface area (Å²) in [6, 6.07) is 12.1. The summed E-state index contributed by atoms with van der Waals surface area (Å²) in [6.45, 7) is 2.79. The fourth-order valence-electron chi connectivity index (χ4n) is 2.25. The molecule has 2 rings (SSSR count). The average molecular weight is 391 g/mol. The Labute approximate surface area is 158 Å². The number of sulfonamides is 1. The highest BCUT2D eigenvalue weighted by Crippen LogP contribution is 2.30. The largest absolute Gasteiger partial charge is 0.495 e. The van der Waals surface area contributed by atoms with Gasteiger partial charge in [-0.25, -0.2) is 13.2 Å². The molecule has 1 atom stereocenters. The van der Waals surface area contributed by atoms with Gasteiger partial charge in [0.05, 0.1) is 23.3 Å². The van der Waals surface area contributed by atoms with E-state index in [4.69, 9.17) is 9.47 Å². The number of ether oxygens (including phenoxy) is 2. The van der Waals surface area contributed by atoms with Crippen LogP contribution >= 0.6 is 0 Å². The van der Waals surface area contributed by atoms with Crippen molar-refractivity contribution in [3.05, 3.63) is 54.1 Å². The molecule has 0 aromatic heterocycles. The summed E-state index contributed by atoms with van der Waals surface area (Å²) in [5, 5.41) is 0. The Morgan fingerprint density at radius 2 is 1.63 bits per heavy atom. The SMILES string of the molecule is COc1ccccc1N(C)S(=O)(=O)c1ccc(C(=O)O[C@@H](C)C(C)=O)cc1. The predicted octanol–water partition coefficient (Wildman–Crippen LogP) is 2.65. The molecule has 0 amide bonds. The molecule has 0 aliphatic carbocycles. The van der Waals surface area contributed by atoms with Gasteiger partial charge in [0.25, 0.3) is 10.0 Å². The number of carbonyl (C=O) groups excluding carboxylic acids is 2. The molecule has 0 saturated heterocycles. The van der Waals surface area contributed by atoms with Crippen LogP contribution in [0.4, 0.5) is 5.69 Å². The number of esters is 1. The number of Topliss-reactive ketones (excluding diaryl/α,β-unsaturated/α-hetero) is 1. The molecule has 0 aliphatic heterocycles. The first-order valence-corrected chi connectivity index (χ1v) is 9.56. The van der Waals surface area contributed by atoms with Crippen molar-refractivity contribution in [2.45, 2.75) is 24.8 Å². The summed E-state index contributed by atoms with van der Waals surface area (Å²) in [4.78, 5) is 23.2. The zero-order chi connectivity index (χ0) is 20.2. The smallest absolute Gasteiger partial charge is 0.338 e. The molecule has 0 radical (unpaired) electrons. The van der Waals surface area contributed by atoms with Gasteiger partial charge < -0.3 is 9.47 Å². The molecule has 0 unspecified atom stereocenters. The Morgan fingerprint density at radius 3 is 2.19 bits per heavy atom. The number of para-hydroxylation sites is 2.